The second kappa shape index (κ2) is 13.0. The van der Waals surface area contributed by atoms with Gasteiger partial charge in [0, 0.05) is 30.4 Å². The van der Waals surface area contributed by atoms with Gasteiger partial charge < -0.3 is 14.7 Å². The molecule has 0 fully saturated rings. The van der Waals surface area contributed by atoms with E-state index in [2.05, 4.69) is 20.4 Å². The fourth-order valence-electron chi connectivity index (χ4n) is 4.06. The number of hydrogen-bond acceptors (Lipinski definition) is 8. The van der Waals surface area contributed by atoms with Crippen molar-refractivity contribution in [2.75, 3.05) is 30.3 Å². The smallest absolute Gasteiger partial charge is 0.266 e. The van der Waals surface area contributed by atoms with E-state index in [9.17, 15) is 14.7 Å². The molecular formula is C29H31N5O4S. The summed E-state index contributed by atoms with van der Waals surface area (Å²) in [5.74, 6) is 0.373. The van der Waals surface area contributed by atoms with E-state index in [-0.39, 0.29) is 23.0 Å². The van der Waals surface area contributed by atoms with Gasteiger partial charge in [0.1, 0.15) is 11.5 Å². The minimum absolute atomic E-state index is 0.0218. The number of aromatic hydroxyl groups is 1. The molecule has 9 nitrogen and oxygen atoms in total. The van der Waals surface area contributed by atoms with Crippen LogP contribution in [-0.2, 0) is 4.79 Å². The summed E-state index contributed by atoms with van der Waals surface area (Å²) in [7, 11) is 0. The Kier molecular flexibility index (Phi) is 9.22. The first-order chi connectivity index (χ1) is 18.9. The number of amides is 1. The molecule has 0 saturated heterocycles. The third-order valence-electron chi connectivity index (χ3n) is 6.02. The van der Waals surface area contributed by atoms with Crippen LogP contribution in [0, 0.1) is 0 Å². The Bertz CT molecular complexity index is 1530. The highest BCUT2D eigenvalue weighted by Gasteiger charge is 2.15. The van der Waals surface area contributed by atoms with Gasteiger partial charge in [-0.3, -0.25) is 14.2 Å². The van der Waals surface area contributed by atoms with Gasteiger partial charge in [0.25, 0.3) is 11.5 Å². The number of aromatic nitrogens is 2. The number of carbonyl (C=O) groups excluding carboxylic acids is 1. The number of fused-ring (bicyclic) bond motifs is 1. The highest BCUT2D eigenvalue weighted by atomic mass is 32.2. The number of ether oxygens (including phenoxy) is 1. The number of nitrogens with one attached hydrogen (secondary N) is 1. The van der Waals surface area contributed by atoms with E-state index in [1.165, 1.54) is 10.8 Å². The summed E-state index contributed by atoms with van der Waals surface area (Å²) in [6.07, 6.45) is 1.40. The number of phenolic OH excluding ortho intramolecular Hbond substituents is 1. The molecule has 0 unspecified atom stereocenters. The first-order valence-corrected chi connectivity index (χ1v) is 13.7. The molecule has 39 heavy (non-hydrogen) atoms. The summed E-state index contributed by atoms with van der Waals surface area (Å²) in [5, 5.41) is 15.2. The molecule has 0 aliphatic carbocycles. The van der Waals surface area contributed by atoms with Crippen LogP contribution in [0.1, 0.15) is 26.3 Å². The van der Waals surface area contributed by atoms with Crippen molar-refractivity contribution < 1.29 is 14.6 Å². The van der Waals surface area contributed by atoms with Crippen molar-refractivity contribution in [3.63, 3.8) is 0 Å². The van der Waals surface area contributed by atoms with E-state index in [0.29, 0.717) is 39.7 Å². The SMILES string of the molecule is CCOc1ccc(-n2c(SCC(=O)NN=Cc3ccc(N(CC)CC)cc3O)nc3ccccc3c2=O)cc1. The van der Waals surface area contributed by atoms with Crippen LogP contribution in [0.3, 0.4) is 0 Å². The molecule has 0 atom stereocenters. The van der Waals surface area contributed by atoms with Crippen molar-refractivity contribution in [2.45, 2.75) is 25.9 Å². The zero-order valence-corrected chi connectivity index (χ0v) is 22.9. The molecule has 0 aliphatic heterocycles. The number of hydrogen-bond donors (Lipinski definition) is 2. The van der Waals surface area contributed by atoms with Gasteiger partial charge in [-0.2, -0.15) is 5.10 Å². The largest absolute Gasteiger partial charge is 0.507 e. The van der Waals surface area contributed by atoms with Gasteiger partial charge in [0.05, 0.1) is 35.2 Å². The van der Waals surface area contributed by atoms with E-state index in [1.807, 2.05) is 32.9 Å². The molecule has 2 N–H and O–H groups in total. The van der Waals surface area contributed by atoms with Crippen molar-refractivity contribution in [1.29, 1.82) is 0 Å². The molecule has 1 aromatic heterocycles. The maximum atomic E-state index is 13.4. The molecule has 3 aromatic carbocycles. The summed E-state index contributed by atoms with van der Waals surface area (Å²) in [6, 6.07) is 19.6. The predicted molar refractivity (Wildman–Crippen MR) is 157 cm³/mol. The van der Waals surface area contributed by atoms with Gasteiger partial charge >= 0.3 is 0 Å². The molecule has 0 aliphatic rings. The van der Waals surface area contributed by atoms with E-state index in [0.717, 1.165) is 30.5 Å². The topological polar surface area (TPSA) is 109 Å². The van der Waals surface area contributed by atoms with Crippen molar-refractivity contribution in [3.05, 3.63) is 82.6 Å². The number of phenols is 1. The number of benzene rings is 3. The molecule has 10 heteroatoms. The number of para-hydroxylation sites is 1. The molecule has 4 rings (SSSR count). The first kappa shape index (κ1) is 27.7. The summed E-state index contributed by atoms with van der Waals surface area (Å²) in [5.41, 5.74) is 4.82. The third-order valence-corrected chi connectivity index (χ3v) is 6.96. The maximum absolute atomic E-state index is 13.4. The minimum Gasteiger partial charge on any atom is -0.507 e. The normalized spacial score (nSPS) is 11.2. The molecule has 0 spiro atoms. The lowest BCUT2D eigenvalue weighted by atomic mass is 10.2. The van der Waals surface area contributed by atoms with Gasteiger partial charge in [0.2, 0.25) is 0 Å². The van der Waals surface area contributed by atoms with Crippen molar-refractivity contribution in [3.8, 4) is 17.2 Å². The fraction of sp³-hybridized carbons (Fsp3) is 0.241. The van der Waals surface area contributed by atoms with Crippen LogP contribution in [0.15, 0.2) is 81.8 Å². The van der Waals surface area contributed by atoms with Gasteiger partial charge in [-0.15, -0.1) is 0 Å². The monoisotopic (exact) mass is 545 g/mol. The van der Waals surface area contributed by atoms with E-state index in [4.69, 9.17) is 4.74 Å². The molecule has 0 bridgehead atoms. The standard InChI is InChI=1S/C29H31N5O4S/c1-4-33(5-2)22-12-11-20(26(35)17-22)18-30-32-27(36)19-39-29-31-25-10-8-7-9-24(25)28(37)34(29)21-13-15-23(16-14-21)38-6-3/h7-18,35H,4-6,19H2,1-3H3,(H,32,36). The number of nitrogens with zero attached hydrogens (tertiary/aromatic N) is 4. The summed E-state index contributed by atoms with van der Waals surface area (Å²) < 4.78 is 7.01. The number of carbonyl (C=O) groups is 1. The third kappa shape index (κ3) is 6.58. The van der Waals surface area contributed by atoms with Crippen LogP contribution in [-0.4, -0.2) is 52.2 Å². The average molecular weight is 546 g/mol. The van der Waals surface area contributed by atoms with E-state index >= 15 is 0 Å². The molecule has 1 heterocycles. The van der Waals surface area contributed by atoms with Gasteiger partial charge in [0.15, 0.2) is 5.16 Å². The van der Waals surface area contributed by atoms with Crippen LogP contribution in [0.4, 0.5) is 5.69 Å². The molecule has 0 radical (unpaired) electrons. The summed E-state index contributed by atoms with van der Waals surface area (Å²) in [6.45, 7) is 8.20. The Morgan fingerprint density at radius 3 is 2.54 bits per heavy atom. The summed E-state index contributed by atoms with van der Waals surface area (Å²) >= 11 is 1.13. The number of hydrazone groups is 1. The Balaban J connectivity index is 1.50. The van der Waals surface area contributed by atoms with Gasteiger partial charge in [-0.1, -0.05) is 23.9 Å². The predicted octanol–water partition coefficient (Wildman–Crippen LogP) is 4.58. The maximum Gasteiger partial charge on any atom is 0.266 e. The highest BCUT2D eigenvalue weighted by molar-refractivity contribution is 7.99. The number of anilines is 1. The Morgan fingerprint density at radius 2 is 1.85 bits per heavy atom. The zero-order valence-electron chi connectivity index (χ0n) is 22.1. The Morgan fingerprint density at radius 1 is 1.10 bits per heavy atom. The van der Waals surface area contributed by atoms with Crippen LogP contribution in [0.2, 0.25) is 0 Å². The van der Waals surface area contributed by atoms with Gasteiger partial charge in [-0.05, 0) is 69.3 Å². The lowest BCUT2D eigenvalue weighted by molar-refractivity contribution is -0.118. The van der Waals surface area contributed by atoms with Crippen LogP contribution in [0.5, 0.6) is 11.5 Å². The zero-order chi connectivity index (χ0) is 27.8. The van der Waals surface area contributed by atoms with Crippen LogP contribution >= 0.6 is 11.8 Å². The molecular weight excluding hydrogens is 514 g/mol. The first-order valence-electron chi connectivity index (χ1n) is 12.7. The molecule has 1 amide bonds. The Hall–Kier alpha value is -4.31. The second-order valence-corrected chi connectivity index (χ2v) is 9.42. The van der Waals surface area contributed by atoms with Gasteiger partial charge in [-0.25, -0.2) is 10.4 Å². The average Bonchev–Trinajstić information content (AvgIpc) is 2.94. The van der Waals surface area contributed by atoms with E-state index < -0.39 is 0 Å². The molecule has 4 aromatic rings. The van der Waals surface area contributed by atoms with Crippen molar-refractivity contribution in [1.82, 2.24) is 15.0 Å². The fourth-order valence-corrected chi connectivity index (χ4v) is 4.86. The highest BCUT2D eigenvalue weighted by Crippen LogP contribution is 2.24. The lowest BCUT2D eigenvalue weighted by Gasteiger charge is -2.21. The van der Waals surface area contributed by atoms with Crippen molar-refractivity contribution in [2.24, 2.45) is 5.10 Å². The van der Waals surface area contributed by atoms with Crippen molar-refractivity contribution >= 4 is 40.5 Å². The lowest BCUT2D eigenvalue weighted by Crippen LogP contribution is -2.24. The number of rotatable bonds is 11. The summed E-state index contributed by atoms with van der Waals surface area (Å²) in [4.78, 5) is 32.8. The van der Waals surface area contributed by atoms with E-state index in [1.54, 1.807) is 54.6 Å². The number of thioether (sulfide) groups is 1. The minimum atomic E-state index is -0.379. The van der Waals surface area contributed by atoms with Crippen LogP contribution < -0.4 is 20.6 Å². The second-order valence-electron chi connectivity index (χ2n) is 8.48. The Labute approximate surface area is 231 Å². The molecule has 0 saturated carbocycles. The molecule has 202 valence electrons. The quantitative estimate of drug-likeness (QED) is 0.123. The van der Waals surface area contributed by atoms with Crippen LogP contribution in [0.25, 0.3) is 16.6 Å².